The first-order valence-electron chi connectivity index (χ1n) is 6.83. The van der Waals surface area contributed by atoms with E-state index >= 15 is 0 Å². The van der Waals surface area contributed by atoms with Gasteiger partial charge in [-0.2, -0.15) is 0 Å². The molecule has 2 fully saturated rings. The molecule has 0 aromatic heterocycles. The number of carbonyl (C=O) groups excluding carboxylic acids is 1. The fraction of sp³-hybridized carbons (Fsp3) is 0.833. The van der Waals surface area contributed by atoms with Gasteiger partial charge in [-0.3, -0.25) is 4.90 Å². The Morgan fingerprint density at radius 3 is 2.70 bits per heavy atom. The molecule has 7 nitrogen and oxygen atoms in total. The van der Waals surface area contributed by atoms with Crippen molar-refractivity contribution in [3.63, 3.8) is 0 Å². The number of rotatable bonds is 3. The Balaban J connectivity index is 1.93. The van der Waals surface area contributed by atoms with Crippen molar-refractivity contribution in [1.29, 1.82) is 0 Å². The molecule has 0 aromatic rings. The number of hydrogen-bond donors (Lipinski definition) is 2. The van der Waals surface area contributed by atoms with E-state index in [1.165, 1.54) is 16.7 Å². The average Bonchev–Trinajstić information content (AvgIpc) is 2.80. The fourth-order valence-electron chi connectivity index (χ4n) is 2.54. The van der Waals surface area contributed by atoms with Crippen LogP contribution in [-0.2, 0) is 4.79 Å². The van der Waals surface area contributed by atoms with Crippen LogP contribution >= 0.6 is 11.8 Å². The summed E-state index contributed by atoms with van der Waals surface area (Å²) in [5, 5.41) is 18.1. The number of hydrogen-bond acceptors (Lipinski definition) is 5. The van der Waals surface area contributed by atoms with E-state index in [-0.39, 0.29) is 12.6 Å². The monoisotopic (exact) mass is 303 g/mol. The molecule has 114 valence electrons. The minimum Gasteiger partial charge on any atom is -0.480 e. The molecule has 1 unspecified atom stereocenters. The lowest BCUT2D eigenvalue weighted by Gasteiger charge is -2.29. The lowest BCUT2D eigenvalue weighted by Crippen LogP contribution is -2.49. The van der Waals surface area contributed by atoms with E-state index in [9.17, 15) is 9.59 Å². The van der Waals surface area contributed by atoms with Crippen molar-refractivity contribution in [2.24, 2.45) is 0 Å². The first-order chi connectivity index (χ1) is 9.63. The Morgan fingerprint density at radius 2 is 2.00 bits per heavy atom. The zero-order valence-electron chi connectivity index (χ0n) is 11.4. The summed E-state index contributed by atoms with van der Waals surface area (Å²) in [6.45, 7) is 3.57. The highest BCUT2D eigenvalue weighted by Gasteiger charge is 2.37. The number of amides is 2. The van der Waals surface area contributed by atoms with E-state index in [4.69, 9.17) is 10.2 Å². The zero-order valence-corrected chi connectivity index (χ0v) is 12.2. The van der Waals surface area contributed by atoms with Crippen LogP contribution in [0.3, 0.4) is 0 Å². The predicted octanol–water partition coefficient (Wildman–Crippen LogP) is -0.434. The van der Waals surface area contributed by atoms with Crippen molar-refractivity contribution >= 4 is 23.8 Å². The smallest absolute Gasteiger partial charge is 0.327 e. The van der Waals surface area contributed by atoms with Crippen molar-refractivity contribution in [3.8, 4) is 0 Å². The summed E-state index contributed by atoms with van der Waals surface area (Å²) in [5.74, 6) is -0.0156. The van der Waals surface area contributed by atoms with Gasteiger partial charge in [-0.05, 0) is 13.0 Å². The van der Waals surface area contributed by atoms with Gasteiger partial charge in [-0.25, -0.2) is 9.59 Å². The Bertz CT molecular complexity index is 369. The highest BCUT2D eigenvalue weighted by Crippen LogP contribution is 2.23. The molecule has 2 amide bonds. The molecule has 2 N–H and O–H groups in total. The van der Waals surface area contributed by atoms with Crippen LogP contribution in [0.5, 0.6) is 0 Å². The number of carboxylic acid groups (broad SMARTS) is 1. The molecule has 8 heteroatoms. The number of urea groups is 1. The van der Waals surface area contributed by atoms with Crippen LogP contribution in [0.1, 0.15) is 6.42 Å². The molecule has 2 saturated heterocycles. The van der Waals surface area contributed by atoms with E-state index in [0.717, 1.165) is 19.5 Å². The predicted molar refractivity (Wildman–Crippen MR) is 75.7 cm³/mol. The molecule has 2 aliphatic rings. The summed E-state index contributed by atoms with van der Waals surface area (Å²) in [7, 11) is 0. The molecule has 0 saturated carbocycles. The van der Waals surface area contributed by atoms with Crippen molar-refractivity contribution < 1.29 is 19.8 Å². The average molecular weight is 303 g/mol. The van der Waals surface area contributed by atoms with E-state index in [1.807, 2.05) is 0 Å². The second kappa shape index (κ2) is 7.14. The van der Waals surface area contributed by atoms with Crippen LogP contribution in [0.4, 0.5) is 4.79 Å². The first kappa shape index (κ1) is 15.4. The largest absolute Gasteiger partial charge is 0.480 e. The summed E-state index contributed by atoms with van der Waals surface area (Å²) in [4.78, 5) is 28.9. The van der Waals surface area contributed by atoms with Gasteiger partial charge in [0.15, 0.2) is 0 Å². The van der Waals surface area contributed by atoms with Gasteiger partial charge in [0.25, 0.3) is 0 Å². The Hall–Kier alpha value is -0.990. The standard InChI is InChI=1S/C12H21N3O4S/c16-7-6-13-2-1-3-14(5-4-13)12(19)15-9-20-8-10(15)11(17)18/h10,16H,1-9H2,(H,17,18). The molecule has 0 aliphatic carbocycles. The van der Waals surface area contributed by atoms with Crippen LogP contribution in [0, 0.1) is 0 Å². The summed E-state index contributed by atoms with van der Waals surface area (Å²) in [6.07, 6.45) is 0.852. The van der Waals surface area contributed by atoms with Gasteiger partial charge in [0.1, 0.15) is 6.04 Å². The van der Waals surface area contributed by atoms with Gasteiger partial charge in [-0.1, -0.05) is 0 Å². The lowest BCUT2D eigenvalue weighted by atomic mass is 10.3. The number of aliphatic hydroxyl groups is 1. The van der Waals surface area contributed by atoms with Crippen LogP contribution < -0.4 is 0 Å². The Morgan fingerprint density at radius 1 is 1.20 bits per heavy atom. The third-order valence-corrected chi connectivity index (χ3v) is 4.70. The molecule has 2 aliphatic heterocycles. The number of aliphatic hydroxyl groups excluding tert-OH is 1. The number of aliphatic carboxylic acids is 1. The topological polar surface area (TPSA) is 84.3 Å². The van der Waals surface area contributed by atoms with Gasteiger partial charge in [0, 0.05) is 31.9 Å². The molecular weight excluding hydrogens is 282 g/mol. The zero-order chi connectivity index (χ0) is 14.5. The van der Waals surface area contributed by atoms with E-state index in [0.29, 0.717) is 31.3 Å². The maximum atomic E-state index is 12.4. The molecular formula is C12H21N3O4S. The second-order valence-corrected chi connectivity index (χ2v) is 6.01. The number of thioether (sulfide) groups is 1. The third-order valence-electron chi connectivity index (χ3n) is 3.69. The fourth-order valence-corrected chi connectivity index (χ4v) is 3.68. The minimum absolute atomic E-state index is 0.123. The normalized spacial score (nSPS) is 24.8. The number of β-amino-alcohol motifs (C(OH)–C–C–N with tert-alkyl or cyclic N) is 1. The third kappa shape index (κ3) is 3.56. The van der Waals surface area contributed by atoms with Crippen LogP contribution in [0.15, 0.2) is 0 Å². The van der Waals surface area contributed by atoms with Crippen molar-refractivity contribution in [2.75, 3.05) is 51.0 Å². The van der Waals surface area contributed by atoms with Crippen molar-refractivity contribution in [2.45, 2.75) is 12.5 Å². The van der Waals surface area contributed by atoms with Gasteiger partial charge >= 0.3 is 12.0 Å². The number of carbonyl (C=O) groups is 2. The van der Waals surface area contributed by atoms with Crippen molar-refractivity contribution in [3.05, 3.63) is 0 Å². The van der Waals surface area contributed by atoms with Gasteiger partial charge in [0.2, 0.25) is 0 Å². The quantitative estimate of drug-likeness (QED) is 0.736. The van der Waals surface area contributed by atoms with E-state index in [1.54, 1.807) is 4.90 Å². The molecule has 0 spiro atoms. The number of carboxylic acids is 1. The summed E-state index contributed by atoms with van der Waals surface area (Å²) >= 11 is 1.48. The second-order valence-electron chi connectivity index (χ2n) is 5.01. The molecule has 0 bridgehead atoms. The molecule has 2 rings (SSSR count). The van der Waals surface area contributed by atoms with Gasteiger partial charge < -0.3 is 20.0 Å². The van der Waals surface area contributed by atoms with Crippen molar-refractivity contribution in [1.82, 2.24) is 14.7 Å². The molecule has 2 heterocycles. The summed E-state index contributed by atoms with van der Waals surface area (Å²) < 4.78 is 0. The SMILES string of the molecule is O=C(O)C1CSCN1C(=O)N1CCCN(CCO)CC1. The van der Waals surface area contributed by atoms with E-state index in [2.05, 4.69) is 4.90 Å². The highest BCUT2D eigenvalue weighted by molar-refractivity contribution is 7.99. The Kier molecular flexibility index (Phi) is 5.50. The van der Waals surface area contributed by atoms with E-state index < -0.39 is 12.0 Å². The molecule has 20 heavy (non-hydrogen) atoms. The summed E-state index contributed by atoms with van der Waals surface area (Å²) in [6, 6.07) is -0.877. The van der Waals surface area contributed by atoms with Gasteiger partial charge in [-0.15, -0.1) is 11.8 Å². The van der Waals surface area contributed by atoms with Gasteiger partial charge in [0.05, 0.1) is 12.5 Å². The maximum Gasteiger partial charge on any atom is 0.327 e. The summed E-state index contributed by atoms with van der Waals surface area (Å²) in [5.41, 5.74) is 0. The minimum atomic E-state index is -0.930. The van der Waals surface area contributed by atoms with Crippen LogP contribution in [-0.4, -0.2) is 93.9 Å². The Labute approximate surface area is 122 Å². The number of nitrogens with zero attached hydrogens (tertiary/aromatic N) is 3. The molecule has 0 radical (unpaired) electrons. The molecule has 0 aromatic carbocycles. The van der Waals surface area contributed by atoms with Crippen LogP contribution in [0.2, 0.25) is 0 Å². The maximum absolute atomic E-state index is 12.4. The highest BCUT2D eigenvalue weighted by atomic mass is 32.2. The molecule has 1 atom stereocenters. The lowest BCUT2D eigenvalue weighted by molar-refractivity contribution is -0.140. The van der Waals surface area contributed by atoms with Crippen LogP contribution in [0.25, 0.3) is 0 Å². The first-order valence-corrected chi connectivity index (χ1v) is 7.98.